The first-order valence-electron chi connectivity index (χ1n) is 6.28. The standard InChI is InChI=1S/C14H18N2O2S/c1-11(12-6-4-3-5-7-12)10-13-15-16-14(18-13)19-9-8-17-2/h3-7,11H,8-10H2,1-2H3. The van der Waals surface area contributed by atoms with Crippen molar-refractivity contribution >= 4 is 11.8 Å². The maximum Gasteiger partial charge on any atom is 0.276 e. The molecular weight excluding hydrogens is 260 g/mol. The van der Waals surface area contributed by atoms with Crippen molar-refractivity contribution in [1.82, 2.24) is 10.2 Å². The van der Waals surface area contributed by atoms with Crippen LogP contribution in [0.5, 0.6) is 0 Å². The number of hydrogen-bond acceptors (Lipinski definition) is 5. The Hall–Kier alpha value is -1.33. The summed E-state index contributed by atoms with van der Waals surface area (Å²) in [6.07, 6.45) is 0.766. The molecule has 2 aromatic rings. The highest BCUT2D eigenvalue weighted by atomic mass is 32.2. The van der Waals surface area contributed by atoms with Crippen LogP contribution in [0.3, 0.4) is 0 Å². The number of thioether (sulfide) groups is 1. The van der Waals surface area contributed by atoms with E-state index in [1.54, 1.807) is 7.11 Å². The fraction of sp³-hybridized carbons (Fsp3) is 0.429. The molecule has 0 amide bonds. The maximum absolute atomic E-state index is 5.61. The average molecular weight is 278 g/mol. The zero-order valence-electron chi connectivity index (χ0n) is 11.2. The molecule has 0 spiro atoms. The molecular formula is C14H18N2O2S. The topological polar surface area (TPSA) is 48.2 Å². The molecule has 102 valence electrons. The van der Waals surface area contributed by atoms with Gasteiger partial charge >= 0.3 is 0 Å². The van der Waals surface area contributed by atoms with Gasteiger partial charge in [0.25, 0.3) is 5.22 Å². The van der Waals surface area contributed by atoms with Crippen LogP contribution in [-0.2, 0) is 11.2 Å². The lowest BCUT2D eigenvalue weighted by Gasteiger charge is -2.08. The van der Waals surface area contributed by atoms with E-state index in [0.29, 0.717) is 23.6 Å². The van der Waals surface area contributed by atoms with E-state index in [0.717, 1.165) is 12.2 Å². The van der Waals surface area contributed by atoms with Crippen LogP contribution in [0.2, 0.25) is 0 Å². The van der Waals surface area contributed by atoms with E-state index in [4.69, 9.17) is 9.15 Å². The molecule has 1 aromatic heterocycles. The van der Waals surface area contributed by atoms with Crippen molar-refractivity contribution in [1.29, 1.82) is 0 Å². The lowest BCUT2D eigenvalue weighted by atomic mass is 9.98. The smallest absolute Gasteiger partial charge is 0.276 e. The first kappa shape index (κ1) is 14.1. The summed E-state index contributed by atoms with van der Waals surface area (Å²) < 4.78 is 10.6. The van der Waals surface area contributed by atoms with Gasteiger partial charge in [-0.05, 0) is 11.5 Å². The molecule has 0 saturated carbocycles. The molecule has 1 unspecified atom stereocenters. The van der Waals surface area contributed by atoms with Crippen LogP contribution in [-0.4, -0.2) is 29.7 Å². The number of aromatic nitrogens is 2. The van der Waals surface area contributed by atoms with E-state index in [-0.39, 0.29) is 0 Å². The van der Waals surface area contributed by atoms with Gasteiger partial charge < -0.3 is 9.15 Å². The van der Waals surface area contributed by atoms with Gasteiger partial charge in [0.1, 0.15) is 0 Å². The number of rotatable bonds is 7. The van der Waals surface area contributed by atoms with E-state index < -0.39 is 0 Å². The molecule has 4 nitrogen and oxygen atoms in total. The summed E-state index contributed by atoms with van der Waals surface area (Å²) >= 11 is 1.52. The molecule has 1 aromatic carbocycles. The second kappa shape index (κ2) is 7.31. The van der Waals surface area contributed by atoms with Gasteiger partial charge in [-0.15, -0.1) is 10.2 Å². The fourth-order valence-corrected chi connectivity index (χ4v) is 2.43. The summed E-state index contributed by atoms with van der Waals surface area (Å²) in [7, 11) is 1.68. The minimum Gasteiger partial charge on any atom is -0.416 e. The minimum atomic E-state index is 0.374. The molecule has 0 aliphatic rings. The van der Waals surface area contributed by atoms with Gasteiger partial charge in [-0.3, -0.25) is 0 Å². The fourth-order valence-electron chi connectivity index (χ4n) is 1.75. The molecule has 0 bridgehead atoms. The van der Waals surface area contributed by atoms with E-state index in [9.17, 15) is 0 Å². The van der Waals surface area contributed by atoms with E-state index in [1.807, 2.05) is 18.2 Å². The van der Waals surface area contributed by atoms with Crippen LogP contribution in [0.25, 0.3) is 0 Å². The maximum atomic E-state index is 5.61. The Kier molecular flexibility index (Phi) is 5.42. The molecule has 1 atom stereocenters. The molecule has 0 radical (unpaired) electrons. The van der Waals surface area contributed by atoms with E-state index in [2.05, 4.69) is 29.3 Å². The molecule has 2 rings (SSSR count). The third-order valence-electron chi connectivity index (χ3n) is 2.81. The SMILES string of the molecule is COCCSc1nnc(CC(C)c2ccccc2)o1. The van der Waals surface area contributed by atoms with Gasteiger partial charge in [-0.25, -0.2) is 0 Å². The van der Waals surface area contributed by atoms with Crippen molar-refractivity contribution in [3.63, 3.8) is 0 Å². The van der Waals surface area contributed by atoms with Crippen molar-refractivity contribution in [3.8, 4) is 0 Å². The Balaban J connectivity index is 1.89. The third-order valence-corrected chi connectivity index (χ3v) is 3.59. The van der Waals surface area contributed by atoms with Gasteiger partial charge in [0, 0.05) is 19.3 Å². The molecule has 0 fully saturated rings. The molecule has 0 aliphatic carbocycles. The molecule has 19 heavy (non-hydrogen) atoms. The highest BCUT2D eigenvalue weighted by Crippen LogP contribution is 2.22. The van der Waals surface area contributed by atoms with E-state index in [1.165, 1.54) is 17.3 Å². The summed E-state index contributed by atoms with van der Waals surface area (Å²) in [4.78, 5) is 0. The Morgan fingerprint density at radius 3 is 2.79 bits per heavy atom. The monoisotopic (exact) mass is 278 g/mol. The van der Waals surface area contributed by atoms with Gasteiger partial charge in [0.15, 0.2) is 0 Å². The van der Waals surface area contributed by atoms with Crippen molar-refractivity contribution in [2.24, 2.45) is 0 Å². The minimum absolute atomic E-state index is 0.374. The number of benzene rings is 1. The normalized spacial score (nSPS) is 12.5. The zero-order valence-corrected chi connectivity index (χ0v) is 12.0. The molecule has 1 heterocycles. The zero-order chi connectivity index (χ0) is 13.5. The highest BCUT2D eigenvalue weighted by molar-refractivity contribution is 7.99. The van der Waals surface area contributed by atoms with Crippen molar-refractivity contribution in [2.45, 2.75) is 24.5 Å². The van der Waals surface area contributed by atoms with Crippen LogP contribution in [0.1, 0.15) is 24.3 Å². The Morgan fingerprint density at radius 1 is 1.26 bits per heavy atom. The summed E-state index contributed by atoms with van der Waals surface area (Å²) in [5, 5.41) is 8.73. The van der Waals surface area contributed by atoms with Crippen molar-refractivity contribution in [3.05, 3.63) is 41.8 Å². The average Bonchev–Trinajstić information content (AvgIpc) is 2.88. The summed E-state index contributed by atoms with van der Waals surface area (Å²) in [6.45, 7) is 2.85. The van der Waals surface area contributed by atoms with Crippen LogP contribution >= 0.6 is 11.8 Å². The largest absolute Gasteiger partial charge is 0.416 e. The lowest BCUT2D eigenvalue weighted by Crippen LogP contribution is -1.98. The van der Waals surface area contributed by atoms with E-state index >= 15 is 0 Å². The third kappa shape index (κ3) is 4.36. The first-order chi connectivity index (χ1) is 9.29. The highest BCUT2D eigenvalue weighted by Gasteiger charge is 2.12. The molecule has 0 N–H and O–H groups in total. The predicted molar refractivity (Wildman–Crippen MR) is 75.5 cm³/mol. The number of methoxy groups -OCH3 is 1. The van der Waals surface area contributed by atoms with Gasteiger partial charge in [-0.2, -0.15) is 0 Å². The first-order valence-corrected chi connectivity index (χ1v) is 7.27. The van der Waals surface area contributed by atoms with Crippen LogP contribution < -0.4 is 0 Å². The lowest BCUT2D eigenvalue weighted by molar-refractivity contribution is 0.218. The summed E-state index contributed by atoms with van der Waals surface area (Å²) in [5.74, 6) is 1.89. The Labute approximate surface area is 117 Å². The Morgan fingerprint density at radius 2 is 2.05 bits per heavy atom. The molecule has 0 aliphatic heterocycles. The second-order valence-electron chi connectivity index (χ2n) is 4.32. The van der Waals surface area contributed by atoms with Crippen LogP contribution in [0.4, 0.5) is 0 Å². The predicted octanol–water partition coefficient (Wildman–Crippen LogP) is 3.15. The van der Waals surface area contributed by atoms with Gasteiger partial charge in [0.05, 0.1) is 6.61 Å². The number of nitrogens with zero attached hydrogens (tertiary/aromatic N) is 2. The van der Waals surface area contributed by atoms with Crippen molar-refractivity contribution < 1.29 is 9.15 Å². The quantitative estimate of drug-likeness (QED) is 0.575. The number of ether oxygens (including phenoxy) is 1. The van der Waals surface area contributed by atoms with Gasteiger partial charge in [-0.1, -0.05) is 49.0 Å². The molecule has 5 heteroatoms. The summed E-state index contributed by atoms with van der Waals surface area (Å²) in [5.41, 5.74) is 1.29. The van der Waals surface area contributed by atoms with Crippen LogP contribution in [0.15, 0.2) is 40.0 Å². The summed E-state index contributed by atoms with van der Waals surface area (Å²) in [6, 6.07) is 10.4. The molecule has 0 saturated heterocycles. The number of hydrogen-bond donors (Lipinski definition) is 0. The Bertz CT molecular complexity index is 487. The van der Waals surface area contributed by atoms with Gasteiger partial charge in [0.2, 0.25) is 5.89 Å². The van der Waals surface area contributed by atoms with Crippen LogP contribution in [0, 0.1) is 0 Å². The van der Waals surface area contributed by atoms with Crippen molar-refractivity contribution in [2.75, 3.05) is 19.5 Å². The second-order valence-corrected chi connectivity index (χ2v) is 5.36.